The predicted octanol–water partition coefficient (Wildman–Crippen LogP) is 5.26. The van der Waals surface area contributed by atoms with Gasteiger partial charge in [0.15, 0.2) is 23.1 Å². The van der Waals surface area contributed by atoms with Crippen molar-refractivity contribution in [1.29, 1.82) is 0 Å². The summed E-state index contributed by atoms with van der Waals surface area (Å²) in [5, 5.41) is 4.04. The molecule has 0 bridgehead atoms. The zero-order valence-electron chi connectivity index (χ0n) is 16.1. The van der Waals surface area contributed by atoms with E-state index in [1.54, 1.807) is 28.8 Å². The highest BCUT2D eigenvalue weighted by Crippen LogP contribution is 2.33. The molecule has 146 valence electrons. The highest BCUT2D eigenvalue weighted by molar-refractivity contribution is 5.96. The number of anilines is 2. The number of fused-ring (bicyclic) bond motifs is 1. The highest BCUT2D eigenvalue weighted by Gasteiger charge is 2.18. The number of carbonyl (C=O) groups excluding carboxylic acids is 1. The van der Waals surface area contributed by atoms with Crippen molar-refractivity contribution in [3.63, 3.8) is 0 Å². The molecule has 2 heterocycles. The van der Waals surface area contributed by atoms with Crippen LogP contribution < -0.4 is 5.32 Å². The number of rotatable bonds is 4. The van der Waals surface area contributed by atoms with Gasteiger partial charge in [0, 0.05) is 23.0 Å². The fourth-order valence-electron chi connectivity index (χ4n) is 3.36. The Morgan fingerprint density at radius 1 is 1.00 bits per heavy atom. The van der Waals surface area contributed by atoms with Crippen LogP contribution >= 0.6 is 0 Å². The first-order valence-corrected chi connectivity index (χ1v) is 9.03. The van der Waals surface area contributed by atoms with Crippen molar-refractivity contribution in [2.45, 2.75) is 20.8 Å². The van der Waals surface area contributed by atoms with E-state index in [9.17, 15) is 13.6 Å². The molecule has 5 nitrogen and oxygen atoms in total. The maximum Gasteiger partial charge on any atom is 0.160 e. The summed E-state index contributed by atoms with van der Waals surface area (Å²) in [5.41, 5.74) is 4.24. The molecule has 0 aliphatic heterocycles. The number of Topliss-reactive ketones (excluding diaryl/α,β-unsaturated/α-hetero) is 1. The molecule has 0 saturated heterocycles. The molecule has 0 radical (unpaired) electrons. The largest absolute Gasteiger partial charge is 0.340 e. The second kappa shape index (κ2) is 7.09. The van der Waals surface area contributed by atoms with Gasteiger partial charge in [-0.1, -0.05) is 0 Å². The van der Waals surface area contributed by atoms with Gasteiger partial charge in [0.1, 0.15) is 12.1 Å². The van der Waals surface area contributed by atoms with Crippen molar-refractivity contribution in [3.8, 4) is 5.69 Å². The van der Waals surface area contributed by atoms with Gasteiger partial charge in [-0.3, -0.25) is 9.36 Å². The lowest BCUT2D eigenvalue weighted by atomic mass is 10.1. The summed E-state index contributed by atoms with van der Waals surface area (Å²) in [5.74, 6) is -1.23. The Bertz CT molecular complexity index is 1250. The lowest BCUT2D eigenvalue weighted by Crippen LogP contribution is -2.01. The Balaban J connectivity index is 1.83. The van der Waals surface area contributed by atoms with Gasteiger partial charge in [-0.25, -0.2) is 18.7 Å². The third-order valence-corrected chi connectivity index (χ3v) is 5.01. The van der Waals surface area contributed by atoms with E-state index in [4.69, 9.17) is 0 Å². The number of nitrogens with zero attached hydrogens (tertiary/aromatic N) is 3. The van der Waals surface area contributed by atoms with Crippen molar-refractivity contribution in [2.24, 2.45) is 0 Å². The van der Waals surface area contributed by atoms with Crippen molar-refractivity contribution in [3.05, 3.63) is 77.2 Å². The molecule has 2 aromatic carbocycles. The number of halogens is 2. The van der Waals surface area contributed by atoms with Gasteiger partial charge < -0.3 is 5.32 Å². The Kier molecular flexibility index (Phi) is 4.58. The molecule has 0 atom stereocenters. The number of hydrogen-bond acceptors (Lipinski definition) is 4. The summed E-state index contributed by atoms with van der Waals surface area (Å²) in [6.45, 7) is 5.34. The second-order valence-corrected chi connectivity index (χ2v) is 6.82. The topological polar surface area (TPSA) is 59.8 Å². The SMILES string of the molecule is CC(=O)c1ccc(Nc2ncnc3c2c(C)c(C)n3-c2ccc(F)c(F)c2)cc1. The number of carbonyl (C=O) groups is 1. The zero-order valence-corrected chi connectivity index (χ0v) is 16.1. The van der Waals surface area contributed by atoms with E-state index in [-0.39, 0.29) is 5.78 Å². The van der Waals surface area contributed by atoms with Crippen LogP contribution in [0.2, 0.25) is 0 Å². The Hall–Kier alpha value is -3.61. The molecule has 0 aliphatic rings. The van der Waals surface area contributed by atoms with Crippen LogP contribution in [0, 0.1) is 25.5 Å². The van der Waals surface area contributed by atoms with Crippen LogP contribution in [-0.2, 0) is 0 Å². The second-order valence-electron chi connectivity index (χ2n) is 6.82. The van der Waals surface area contributed by atoms with Crippen molar-refractivity contribution < 1.29 is 13.6 Å². The van der Waals surface area contributed by atoms with Gasteiger partial charge >= 0.3 is 0 Å². The molecule has 0 spiro atoms. The van der Waals surface area contributed by atoms with Crippen LogP contribution in [-0.4, -0.2) is 20.3 Å². The molecule has 0 fully saturated rings. The Morgan fingerprint density at radius 3 is 2.38 bits per heavy atom. The van der Waals surface area contributed by atoms with Crippen LogP contribution in [0.3, 0.4) is 0 Å². The summed E-state index contributed by atoms with van der Waals surface area (Å²) < 4.78 is 29.0. The van der Waals surface area contributed by atoms with Crippen molar-refractivity contribution >= 4 is 28.3 Å². The fraction of sp³-hybridized carbons (Fsp3) is 0.136. The molecule has 2 aromatic heterocycles. The van der Waals surface area contributed by atoms with Gasteiger partial charge in [-0.2, -0.15) is 0 Å². The van der Waals surface area contributed by atoms with Crippen LogP contribution in [0.25, 0.3) is 16.7 Å². The number of hydrogen-bond donors (Lipinski definition) is 1. The molecule has 4 aromatic rings. The summed E-state index contributed by atoms with van der Waals surface area (Å²) in [6.07, 6.45) is 1.42. The average Bonchev–Trinajstić information content (AvgIpc) is 2.96. The minimum atomic E-state index is -0.917. The third-order valence-electron chi connectivity index (χ3n) is 5.01. The molecule has 0 amide bonds. The summed E-state index contributed by atoms with van der Waals surface area (Å²) in [6, 6.07) is 10.9. The summed E-state index contributed by atoms with van der Waals surface area (Å²) in [4.78, 5) is 20.2. The average molecular weight is 392 g/mol. The number of aromatic nitrogens is 3. The molecule has 1 N–H and O–H groups in total. The van der Waals surface area contributed by atoms with Gasteiger partial charge in [0.2, 0.25) is 0 Å². The zero-order chi connectivity index (χ0) is 20.7. The van der Waals surface area contributed by atoms with E-state index in [2.05, 4.69) is 15.3 Å². The molecule has 0 unspecified atom stereocenters. The number of ketones is 1. The van der Waals surface area contributed by atoms with Crippen LogP contribution in [0.15, 0.2) is 48.8 Å². The smallest absolute Gasteiger partial charge is 0.160 e. The minimum absolute atomic E-state index is 0.00366. The number of aryl methyl sites for hydroxylation is 1. The first-order valence-electron chi connectivity index (χ1n) is 9.03. The number of benzene rings is 2. The summed E-state index contributed by atoms with van der Waals surface area (Å²) >= 11 is 0. The van der Waals surface area contributed by atoms with Gasteiger partial charge in [-0.15, -0.1) is 0 Å². The van der Waals surface area contributed by atoms with E-state index in [0.29, 0.717) is 22.7 Å². The van der Waals surface area contributed by atoms with E-state index in [0.717, 1.165) is 34.5 Å². The molecule has 29 heavy (non-hydrogen) atoms. The van der Waals surface area contributed by atoms with Crippen LogP contribution in [0.4, 0.5) is 20.3 Å². The molecule has 0 aliphatic carbocycles. The first kappa shape index (κ1) is 18.7. The summed E-state index contributed by atoms with van der Waals surface area (Å²) in [7, 11) is 0. The van der Waals surface area contributed by atoms with Crippen LogP contribution in [0.1, 0.15) is 28.5 Å². The van der Waals surface area contributed by atoms with E-state index in [1.165, 1.54) is 19.3 Å². The van der Waals surface area contributed by atoms with Gasteiger partial charge in [0.25, 0.3) is 0 Å². The van der Waals surface area contributed by atoms with Crippen LogP contribution in [0.5, 0.6) is 0 Å². The lowest BCUT2D eigenvalue weighted by molar-refractivity contribution is 0.101. The van der Waals surface area contributed by atoms with Crippen molar-refractivity contribution in [2.75, 3.05) is 5.32 Å². The lowest BCUT2D eigenvalue weighted by Gasteiger charge is -2.09. The monoisotopic (exact) mass is 392 g/mol. The fourth-order valence-corrected chi connectivity index (χ4v) is 3.36. The molecule has 7 heteroatoms. The maximum atomic E-state index is 13.8. The molecular formula is C22H18F2N4O. The van der Waals surface area contributed by atoms with E-state index >= 15 is 0 Å². The van der Waals surface area contributed by atoms with E-state index in [1.807, 2.05) is 13.8 Å². The number of nitrogens with one attached hydrogen (secondary N) is 1. The Morgan fingerprint density at radius 2 is 1.72 bits per heavy atom. The third kappa shape index (κ3) is 3.24. The predicted molar refractivity (Wildman–Crippen MR) is 108 cm³/mol. The highest BCUT2D eigenvalue weighted by atomic mass is 19.2. The molecular weight excluding hydrogens is 374 g/mol. The Labute approximate surface area is 166 Å². The normalized spacial score (nSPS) is 11.1. The van der Waals surface area contributed by atoms with E-state index < -0.39 is 11.6 Å². The van der Waals surface area contributed by atoms with Gasteiger partial charge in [-0.05, 0) is 62.7 Å². The molecule has 4 rings (SSSR count). The van der Waals surface area contributed by atoms with Crippen molar-refractivity contribution in [1.82, 2.24) is 14.5 Å². The standard InChI is InChI=1S/C22H18F2N4O/c1-12-13(2)28(17-8-9-18(23)19(24)10-17)22-20(12)21(25-11-26-22)27-16-6-4-15(5-7-16)14(3)29/h4-11H,1-3H3,(H,25,26,27). The molecule has 0 saturated carbocycles. The first-order chi connectivity index (χ1) is 13.9. The quantitative estimate of drug-likeness (QED) is 0.481. The van der Waals surface area contributed by atoms with Gasteiger partial charge in [0.05, 0.1) is 11.1 Å². The maximum absolute atomic E-state index is 13.8. The minimum Gasteiger partial charge on any atom is -0.340 e.